The molecule has 1 aliphatic rings. The summed E-state index contributed by atoms with van der Waals surface area (Å²) in [5.41, 5.74) is 1.27. The molecule has 0 aromatic heterocycles. The zero-order valence-corrected chi connectivity index (χ0v) is 12.0. The third kappa shape index (κ3) is 3.82. The van der Waals surface area contributed by atoms with Crippen LogP contribution >= 0.6 is 0 Å². The predicted octanol–water partition coefficient (Wildman–Crippen LogP) is 4.34. The Morgan fingerprint density at radius 3 is 2.68 bits per heavy atom. The van der Waals surface area contributed by atoms with Gasteiger partial charge < -0.3 is 9.53 Å². The zero-order chi connectivity index (χ0) is 13.7. The summed E-state index contributed by atoms with van der Waals surface area (Å²) in [7, 11) is 1.69. The van der Waals surface area contributed by atoms with E-state index in [2.05, 4.69) is 12.1 Å². The average Bonchev–Trinajstić information content (AvgIpc) is 2.45. The van der Waals surface area contributed by atoms with Gasteiger partial charge >= 0.3 is 0 Å². The molecule has 1 atom stereocenters. The number of Topliss-reactive ketones (excluding diaryl/α,β-unsaturated/α-hetero) is 1. The van der Waals surface area contributed by atoms with E-state index in [-0.39, 0.29) is 0 Å². The van der Waals surface area contributed by atoms with Crippen molar-refractivity contribution in [3.05, 3.63) is 29.8 Å². The molecule has 19 heavy (non-hydrogen) atoms. The summed E-state index contributed by atoms with van der Waals surface area (Å²) in [6.07, 6.45) is 7.15. The molecule has 0 amide bonds. The first-order valence-corrected chi connectivity index (χ1v) is 7.34. The number of carbonyl (C=O) groups is 1. The van der Waals surface area contributed by atoms with E-state index in [1.165, 1.54) is 37.7 Å². The zero-order valence-electron chi connectivity index (χ0n) is 12.0. The molecule has 2 rings (SSSR count). The van der Waals surface area contributed by atoms with Crippen LogP contribution in [0.3, 0.4) is 0 Å². The lowest BCUT2D eigenvalue weighted by Crippen LogP contribution is -2.18. The Kier molecular flexibility index (Phi) is 5.00. The highest BCUT2D eigenvalue weighted by Crippen LogP contribution is 2.39. The third-order valence-corrected chi connectivity index (χ3v) is 4.25. The van der Waals surface area contributed by atoms with Gasteiger partial charge in [0.15, 0.2) is 0 Å². The first kappa shape index (κ1) is 14.1. The first-order chi connectivity index (χ1) is 9.20. The fourth-order valence-corrected chi connectivity index (χ4v) is 3.28. The molecular weight excluding hydrogens is 236 g/mol. The van der Waals surface area contributed by atoms with E-state index < -0.39 is 0 Å². The summed E-state index contributed by atoms with van der Waals surface area (Å²) in [6.45, 7) is 1.70. The van der Waals surface area contributed by atoms with Crippen molar-refractivity contribution < 1.29 is 9.53 Å². The number of methoxy groups -OCH3 is 1. The lowest BCUT2D eigenvalue weighted by atomic mass is 9.75. The van der Waals surface area contributed by atoms with Crippen molar-refractivity contribution in [3.8, 4) is 5.75 Å². The molecule has 0 saturated heterocycles. The normalized spacial score (nSPS) is 18.0. The lowest BCUT2D eigenvalue weighted by Gasteiger charge is -2.30. The number of ether oxygens (including phenoxy) is 1. The first-order valence-electron chi connectivity index (χ1n) is 7.34. The average molecular weight is 260 g/mol. The van der Waals surface area contributed by atoms with Crippen LogP contribution in [-0.4, -0.2) is 12.9 Å². The van der Waals surface area contributed by atoms with Crippen LogP contribution < -0.4 is 4.74 Å². The van der Waals surface area contributed by atoms with Crippen molar-refractivity contribution in [2.24, 2.45) is 5.92 Å². The molecule has 0 radical (unpaired) electrons. The topological polar surface area (TPSA) is 26.3 Å². The van der Waals surface area contributed by atoms with Crippen LogP contribution in [0.4, 0.5) is 0 Å². The van der Waals surface area contributed by atoms with Crippen molar-refractivity contribution in [2.45, 2.75) is 51.4 Å². The van der Waals surface area contributed by atoms with E-state index in [1.807, 2.05) is 12.1 Å². The molecule has 1 aliphatic carbocycles. The van der Waals surface area contributed by atoms with E-state index in [9.17, 15) is 4.79 Å². The maximum atomic E-state index is 11.6. The van der Waals surface area contributed by atoms with Crippen molar-refractivity contribution in [1.29, 1.82) is 0 Å². The molecule has 0 bridgehead atoms. The minimum Gasteiger partial charge on any atom is -0.497 e. The second-order valence-corrected chi connectivity index (χ2v) is 5.69. The molecule has 0 N–H and O–H groups in total. The van der Waals surface area contributed by atoms with Gasteiger partial charge in [0.25, 0.3) is 0 Å². The standard InChI is InChI=1S/C17H24O2/c1-13(18)11-17(14-7-4-3-5-8-14)15-9-6-10-16(12-15)19-2/h6,9-10,12,14,17H,3-5,7-8,11H2,1-2H3. The Bertz CT molecular complexity index is 419. The highest BCUT2D eigenvalue weighted by atomic mass is 16.5. The van der Waals surface area contributed by atoms with Crippen molar-refractivity contribution in [3.63, 3.8) is 0 Å². The van der Waals surface area contributed by atoms with Gasteiger partial charge in [-0.05, 0) is 49.3 Å². The monoisotopic (exact) mass is 260 g/mol. The fraction of sp³-hybridized carbons (Fsp3) is 0.588. The number of rotatable bonds is 5. The molecule has 1 fully saturated rings. The van der Waals surface area contributed by atoms with E-state index in [0.717, 1.165) is 5.75 Å². The van der Waals surface area contributed by atoms with E-state index >= 15 is 0 Å². The third-order valence-electron chi connectivity index (χ3n) is 4.25. The van der Waals surface area contributed by atoms with Crippen molar-refractivity contribution in [2.75, 3.05) is 7.11 Å². The van der Waals surface area contributed by atoms with Crippen LogP contribution in [0, 0.1) is 5.92 Å². The molecule has 0 spiro atoms. The van der Waals surface area contributed by atoms with Crippen LogP contribution in [0.1, 0.15) is 56.9 Å². The molecule has 104 valence electrons. The Morgan fingerprint density at radius 1 is 1.32 bits per heavy atom. The summed E-state index contributed by atoms with van der Waals surface area (Å²) in [5, 5.41) is 0. The molecule has 1 unspecified atom stereocenters. The summed E-state index contributed by atoms with van der Waals surface area (Å²) in [4.78, 5) is 11.6. The smallest absolute Gasteiger partial charge is 0.130 e. The SMILES string of the molecule is COc1cccc(C(CC(C)=O)C2CCCCC2)c1. The van der Waals surface area contributed by atoms with E-state index in [0.29, 0.717) is 24.0 Å². The molecule has 1 saturated carbocycles. The number of benzene rings is 1. The summed E-state index contributed by atoms with van der Waals surface area (Å²) < 4.78 is 5.31. The fourth-order valence-electron chi connectivity index (χ4n) is 3.28. The Labute approximate surface area is 116 Å². The predicted molar refractivity (Wildman–Crippen MR) is 77.6 cm³/mol. The molecule has 1 aromatic carbocycles. The van der Waals surface area contributed by atoms with Crippen LogP contribution in [0.15, 0.2) is 24.3 Å². The van der Waals surface area contributed by atoms with Crippen LogP contribution in [0.5, 0.6) is 5.75 Å². The number of hydrogen-bond donors (Lipinski definition) is 0. The van der Waals surface area contributed by atoms with Gasteiger partial charge in [-0.1, -0.05) is 31.4 Å². The van der Waals surface area contributed by atoms with Gasteiger partial charge in [0, 0.05) is 6.42 Å². The van der Waals surface area contributed by atoms with Gasteiger partial charge in [0.1, 0.15) is 11.5 Å². The molecule has 2 nitrogen and oxygen atoms in total. The molecule has 2 heteroatoms. The summed E-state index contributed by atoms with van der Waals surface area (Å²) >= 11 is 0. The van der Waals surface area contributed by atoms with Crippen molar-refractivity contribution >= 4 is 5.78 Å². The molecule has 0 heterocycles. The van der Waals surface area contributed by atoms with Gasteiger partial charge in [0.05, 0.1) is 7.11 Å². The van der Waals surface area contributed by atoms with Gasteiger partial charge in [0.2, 0.25) is 0 Å². The van der Waals surface area contributed by atoms with Gasteiger partial charge in [-0.15, -0.1) is 0 Å². The minimum atomic E-state index is 0.290. The lowest BCUT2D eigenvalue weighted by molar-refractivity contribution is -0.117. The van der Waals surface area contributed by atoms with Crippen LogP contribution in [-0.2, 0) is 4.79 Å². The highest BCUT2D eigenvalue weighted by molar-refractivity contribution is 5.76. The van der Waals surface area contributed by atoms with Crippen LogP contribution in [0.25, 0.3) is 0 Å². The van der Waals surface area contributed by atoms with E-state index in [1.54, 1.807) is 14.0 Å². The van der Waals surface area contributed by atoms with Crippen LogP contribution in [0.2, 0.25) is 0 Å². The quantitative estimate of drug-likeness (QED) is 0.787. The Hall–Kier alpha value is -1.31. The number of hydrogen-bond acceptors (Lipinski definition) is 2. The molecule has 1 aromatic rings. The number of carbonyl (C=O) groups excluding carboxylic acids is 1. The number of ketones is 1. The van der Waals surface area contributed by atoms with Gasteiger partial charge in [-0.25, -0.2) is 0 Å². The second-order valence-electron chi connectivity index (χ2n) is 5.69. The summed E-state index contributed by atoms with van der Waals surface area (Å²) in [6, 6.07) is 8.24. The van der Waals surface area contributed by atoms with Gasteiger partial charge in [-0.3, -0.25) is 0 Å². The minimum absolute atomic E-state index is 0.290. The molecule has 0 aliphatic heterocycles. The van der Waals surface area contributed by atoms with E-state index in [4.69, 9.17) is 4.74 Å². The largest absolute Gasteiger partial charge is 0.497 e. The maximum Gasteiger partial charge on any atom is 0.130 e. The Morgan fingerprint density at radius 2 is 2.05 bits per heavy atom. The second kappa shape index (κ2) is 6.74. The molecular formula is C17H24O2. The highest BCUT2D eigenvalue weighted by Gasteiger charge is 2.26. The van der Waals surface area contributed by atoms with Crippen molar-refractivity contribution in [1.82, 2.24) is 0 Å². The summed E-state index contributed by atoms with van der Waals surface area (Å²) in [5.74, 6) is 2.21. The van der Waals surface area contributed by atoms with Gasteiger partial charge in [-0.2, -0.15) is 0 Å². The Balaban J connectivity index is 2.21. The maximum absolute atomic E-state index is 11.6.